The Balaban J connectivity index is 1.33. The van der Waals surface area contributed by atoms with Gasteiger partial charge in [0.1, 0.15) is 11.4 Å². The van der Waals surface area contributed by atoms with Crippen LogP contribution in [-0.2, 0) is 4.79 Å². The summed E-state index contributed by atoms with van der Waals surface area (Å²) in [5, 5.41) is 11.8. The summed E-state index contributed by atoms with van der Waals surface area (Å²) in [5.41, 5.74) is 2.46. The van der Waals surface area contributed by atoms with E-state index in [1.807, 2.05) is 24.4 Å². The van der Waals surface area contributed by atoms with Gasteiger partial charge >= 0.3 is 0 Å². The summed E-state index contributed by atoms with van der Waals surface area (Å²) in [6.45, 7) is 1.16. The maximum atomic E-state index is 12.2. The zero-order valence-corrected chi connectivity index (χ0v) is 17.2. The van der Waals surface area contributed by atoms with E-state index >= 15 is 0 Å². The number of anilines is 1. The Labute approximate surface area is 180 Å². The number of rotatable bonds is 6. The topological polar surface area (TPSA) is 124 Å². The van der Waals surface area contributed by atoms with Crippen LogP contribution < -0.4 is 10.6 Å². The van der Waals surface area contributed by atoms with Crippen molar-refractivity contribution in [2.75, 3.05) is 11.9 Å². The monoisotopic (exact) mass is 435 g/mol. The minimum Gasteiger partial charge on any atom is -0.343 e. The number of aromatic nitrogens is 5. The Kier molecular flexibility index (Phi) is 5.67. The van der Waals surface area contributed by atoms with Crippen LogP contribution in [0.15, 0.2) is 60.6 Å². The average Bonchev–Trinajstić information content (AvgIpc) is 3.53. The van der Waals surface area contributed by atoms with Gasteiger partial charge in [-0.3, -0.25) is 23.9 Å². The van der Waals surface area contributed by atoms with Crippen molar-refractivity contribution in [1.82, 2.24) is 29.6 Å². The highest BCUT2D eigenvalue weighted by Gasteiger charge is 2.13. The molecule has 31 heavy (non-hydrogen) atoms. The molecule has 4 aromatic rings. The molecule has 0 atom stereocenters. The molecule has 4 rings (SSSR count). The van der Waals surface area contributed by atoms with Crippen LogP contribution in [0.3, 0.4) is 0 Å². The summed E-state index contributed by atoms with van der Waals surface area (Å²) in [6.07, 6.45) is 8.09. The Morgan fingerprint density at radius 2 is 1.87 bits per heavy atom. The highest BCUT2D eigenvalue weighted by molar-refractivity contribution is 7.14. The Morgan fingerprint density at radius 1 is 1.06 bits per heavy atom. The Hall–Kier alpha value is -4.12. The molecule has 4 heterocycles. The number of nitrogens with zero attached hydrogens (tertiary/aromatic N) is 5. The van der Waals surface area contributed by atoms with Crippen molar-refractivity contribution in [3.05, 3.63) is 66.2 Å². The molecule has 0 aliphatic rings. The first-order chi connectivity index (χ1) is 15.0. The van der Waals surface area contributed by atoms with E-state index in [9.17, 15) is 14.4 Å². The molecule has 0 unspecified atom stereocenters. The van der Waals surface area contributed by atoms with E-state index in [1.165, 1.54) is 41.3 Å². The van der Waals surface area contributed by atoms with Gasteiger partial charge in [-0.15, -0.1) is 11.3 Å². The maximum absolute atomic E-state index is 12.2. The van der Waals surface area contributed by atoms with Crippen LogP contribution in [0, 0.1) is 0 Å². The molecule has 0 radical (unpaired) electrons. The molecule has 0 saturated heterocycles. The van der Waals surface area contributed by atoms with E-state index in [4.69, 9.17) is 0 Å². The third-order valence-corrected chi connectivity index (χ3v) is 5.02. The molecule has 0 saturated carbocycles. The molecule has 0 bridgehead atoms. The summed E-state index contributed by atoms with van der Waals surface area (Å²) >= 11 is 1.26. The molecule has 4 aromatic heterocycles. The molecule has 0 spiro atoms. The molecular formula is C20H17N7O3S. The Morgan fingerprint density at radius 3 is 2.61 bits per heavy atom. The van der Waals surface area contributed by atoms with Crippen LogP contribution in [0.2, 0.25) is 0 Å². The first-order valence-electron chi connectivity index (χ1n) is 9.18. The SMILES string of the molecule is CC(=O)n1ccc(C(=O)NCC(=O)Nc2nc(-c3ccn(-c4ccncc4)n3)cs2)c1. The lowest BCUT2D eigenvalue weighted by atomic mass is 10.3. The van der Waals surface area contributed by atoms with Crippen LogP contribution in [0.25, 0.3) is 17.1 Å². The van der Waals surface area contributed by atoms with Gasteiger partial charge in [0, 0.05) is 43.3 Å². The fourth-order valence-electron chi connectivity index (χ4n) is 2.70. The third-order valence-electron chi connectivity index (χ3n) is 4.26. The summed E-state index contributed by atoms with van der Waals surface area (Å²) in [4.78, 5) is 43.9. The number of amides is 2. The summed E-state index contributed by atoms with van der Waals surface area (Å²) < 4.78 is 3.01. The number of hydrogen-bond acceptors (Lipinski definition) is 7. The Bertz CT molecular complexity index is 1240. The molecule has 156 valence electrons. The lowest BCUT2D eigenvalue weighted by Crippen LogP contribution is -2.32. The second-order valence-electron chi connectivity index (χ2n) is 6.45. The van der Waals surface area contributed by atoms with Gasteiger partial charge in [0.15, 0.2) is 5.13 Å². The van der Waals surface area contributed by atoms with Gasteiger partial charge in [0.25, 0.3) is 5.91 Å². The zero-order valence-electron chi connectivity index (χ0n) is 16.3. The zero-order chi connectivity index (χ0) is 21.8. The largest absolute Gasteiger partial charge is 0.343 e. The summed E-state index contributed by atoms with van der Waals surface area (Å²) in [7, 11) is 0. The van der Waals surface area contributed by atoms with Crippen molar-refractivity contribution in [3.8, 4) is 17.1 Å². The van der Waals surface area contributed by atoms with Crippen molar-refractivity contribution >= 4 is 34.2 Å². The van der Waals surface area contributed by atoms with E-state index in [0.29, 0.717) is 22.1 Å². The second kappa shape index (κ2) is 8.71. The highest BCUT2D eigenvalue weighted by atomic mass is 32.1. The van der Waals surface area contributed by atoms with Gasteiger partial charge in [-0.1, -0.05) is 0 Å². The first-order valence-corrected chi connectivity index (χ1v) is 10.1. The van der Waals surface area contributed by atoms with Crippen molar-refractivity contribution in [1.29, 1.82) is 0 Å². The number of pyridine rings is 1. The number of carbonyl (C=O) groups excluding carboxylic acids is 3. The normalized spacial score (nSPS) is 10.6. The van der Waals surface area contributed by atoms with Gasteiger partial charge in [0.2, 0.25) is 11.8 Å². The third kappa shape index (κ3) is 4.73. The lowest BCUT2D eigenvalue weighted by molar-refractivity contribution is -0.115. The minimum absolute atomic E-state index is 0.207. The van der Waals surface area contributed by atoms with Gasteiger partial charge in [-0.2, -0.15) is 5.10 Å². The van der Waals surface area contributed by atoms with Gasteiger partial charge < -0.3 is 10.6 Å². The molecule has 2 amide bonds. The van der Waals surface area contributed by atoms with E-state index in [2.05, 4.69) is 25.7 Å². The van der Waals surface area contributed by atoms with E-state index in [0.717, 1.165) is 5.69 Å². The molecule has 2 N–H and O–H groups in total. The van der Waals surface area contributed by atoms with E-state index < -0.39 is 11.8 Å². The fraction of sp³-hybridized carbons (Fsp3) is 0.100. The summed E-state index contributed by atoms with van der Waals surface area (Å²) in [6, 6.07) is 7.01. The predicted molar refractivity (Wildman–Crippen MR) is 114 cm³/mol. The molecule has 10 nitrogen and oxygen atoms in total. The van der Waals surface area contributed by atoms with Crippen molar-refractivity contribution in [3.63, 3.8) is 0 Å². The van der Waals surface area contributed by atoms with Crippen LogP contribution >= 0.6 is 11.3 Å². The van der Waals surface area contributed by atoms with Crippen LogP contribution in [-0.4, -0.2) is 48.6 Å². The lowest BCUT2D eigenvalue weighted by Gasteiger charge is -2.03. The molecule has 11 heteroatoms. The van der Waals surface area contributed by atoms with Gasteiger partial charge in [-0.05, 0) is 24.3 Å². The molecule has 0 aliphatic carbocycles. The number of hydrogen-bond donors (Lipinski definition) is 2. The van der Waals surface area contributed by atoms with Crippen LogP contribution in [0.4, 0.5) is 5.13 Å². The fourth-order valence-corrected chi connectivity index (χ4v) is 3.42. The average molecular weight is 435 g/mol. The number of thiazole rings is 1. The number of nitrogens with one attached hydrogen (secondary N) is 2. The minimum atomic E-state index is -0.448. The smallest absolute Gasteiger partial charge is 0.253 e. The highest BCUT2D eigenvalue weighted by Crippen LogP contribution is 2.24. The first kappa shape index (κ1) is 20.2. The molecule has 0 aliphatic heterocycles. The van der Waals surface area contributed by atoms with Gasteiger partial charge in [-0.25, -0.2) is 9.67 Å². The van der Waals surface area contributed by atoms with Crippen molar-refractivity contribution in [2.45, 2.75) is 6.92 Å². The number of carbonyl (C=O) groups is 3. The molecule has 0 aromatic carbocycles. The van der Waals surface area contributed by atoms with E-state index in [-0.39, 0.29) is 12.5 Å². The van der Waals surface area contributed by atoms with Gasteiger partial charge in [0.05, 0.1) is 17.8 Å². The van der Waals surface area contributed by atoms with Crippen molar-refractivity contribution in [2.24, 2.45) is 0 Å². The summed E-state index contributed by atoms with van der Waals surface area (Å²) in [5.74, 6) is -1.07. The quantitative estimate of drug-likeness (QED) is 0.479. The van der Waals surface area contributed by atoms with Crippen LogP contribution in [0.5, 0.6) is 0 Å². The molecular weight excluding hydrogens is 418 g/mol. The predicted octanol–water partition coefficient (Wildman–Crippen LogP) is 2.22. The van der Waals surface area contributed by atoms with Crippen molar-refractivity contribution < 1.29 is 14.4 Å². The standard InChI is InChI=1S/C20H17N7O3S/c1-13(28)26-8-4-14(11-26)19(30)22-10-18(29)24-20-23-17(12-31-20)16-5-9-27(25-16)15-2-6-21-7-3-15/h2-9,11-12H,10H2,1H3,(H,22,30)(H,23,24,29). The maximum Gasteiger partial charge on any atom is 0.253 e. The van der Waals surface area contributed by atoms with Crippen LogP contribution in [0.1, 0.15) is 22.1 Å². The van der Waals surface area contributed by atoms with E-state index in [1.54, 1.807) is 22.5 Å². The second-order valence-corrected chi connectivity index (χ2v) is 7.30. The molecule has 0 fully saturated rings.